The maximum atomic E-state index is 8.38. The molecule has 0 spiro atoms. The molecule has 0 radical (unpaired) electrons. The average molecular weight is 289 g/mol. The summed E-state index contributed by atoms with van der Waals surface area (Å²) in [7, 11) is 0. The summed E-state index contributed by atoms with van der Waals surface area (Å²) in [5.41, 5.74) is 0. The molecular formula is H5InOSrZn. The molecule has 0 atom stereocenters. The Hall–Kier alpha value is 2.77. The molecule has 0 bridgehead atoms. The van der Waals surface area contributed by atoms with Crippen LogP contribution in [0.25, 0.3) is 0 Å². The maximum absolute atomic E-state index is 8.38. The summed E-state index contributed by atoms with van der Waals surface area (Å²) in [4.78, 5) is 0. The van der Waals surface area contributed by atoms with E-state index in [1.807, 2.05) is 0 Å². The Morgan fingerprint density at radius 2 is 1.50 bits per heavy atom. The van der Waals surface area contributed by atoms with Crippen molar-refractivity contribution in [1.82, 2.24) is 0 Å². The largest absolute Gasteiger partial charge is 2.00 e. The zero-order valence-corrected chi connectivity index (χ0v) is 8.27. The Balaban J connectivity index is -0.000000000833. The molecule has 0 amide bonds. The van der Waals surface area contributed by atoms with Gasteiger partial charge < -0.3 is 2.85 Å². The van der Waals surface area contributed by atoms with E-state index in [9.17, 15) is 0 Å². The van der Waals surface area contributed by atoms with E-state index in [2.05, 4.69) is 0 Å². The van der Waals surface area contributed by atoms with E-state index in [0.29, 0.717) is 0 Å². The Bertz CT molecular complexity index is 13.5. The molecule has 0 aromatic carbocycles. The first kappa shape index (κ1) is 15.9. The fourth-order valence-electron chi connectivity index (χ4n) is 0. The van der Waals surface area contributed by atoms with Crippen molar-refractivity contribution < 1.29 is 24.7 Å². The monoisotopic (exact) mass is 288 g/mol. The van der Waals surface area contributed by atoms with Crippen LogP contribution in [0.1, 0.15) is 2.85 Å². The molecule has 0 rings (SSSR count). The van der Waals surface area contributed by atoms with Crippen molar-refractivity contribution in [3.63, 3.8) is 0 Å². The molecule has 0 heterocycles. The molecule has 0 aliphatic rings. The van der Waals surface area contributed by atoms with Crippen molar-refractivity contribution in [3.8, 4) is 0 Å². The number of hydrogen-bond acceptors (Lipinski definition) is 1. The minimum absolute atomic E-state index is 0. The topological polar surface area (TPSA) is 17.1 Å². The van der Waals surface area contributed by atoms with E-state index < -0.39 is 0 Å². The van der Waals surface area contributed by atoms with Crippen molar-refractivity contribution in [3.05, 3.63) is 0 Å². The molecule has 4 heteroatoms. The van der Waals surface area contributed by atoms with E-state index in [0.717, 1.165) is 0 Å². The van der Waals surface area contributed by atoms with Gasteiger partial charge in [-0.2, -0.15) is 0 Å². The van der Waals surface area contributed by atoms with Gasteiger partial charge in [-0.3, -0.25) is 0 Å². The second-order valence-electron chi connectivity index (χ2n) is 0. The second kappa shape index (κ2) is 17.1. The first-order valence-corrected chi connectivity index (χ1v) is 1.50. The van der Waals surface area contributed by atoms with E-state index in [1.165, 1.54) is 0 Å². The first-order valence-electron chi connectivity index (χ1n) is 0.289. The predicted molar refractivity (Wildman–Crippen MR) is 18.6 cm³/mol. The van der Waals surface area contributed by atoms with Gasteiger partial charge in [0.25, 0.3) is 0 Å². The van der Waals surface area contributed by atoms with Crippen LogP contribution >= 0.6 is 0 Å². The van der Waals surface area contributed by atoms with Gasteiger partial charge >= 0.3 is 93.2 Å². The fourth-order valence-corrected chi connectivity index (χ4v) is 0. The van der Waals surface area contributed by atoms with Crippen LogP contribution in [-0.2, 0) is 21.8 Å². The van der Waals surface area contributed by atoms with Gasteiger partial charge in [0.15, 0.2) is 0 Å². The normalized spacial score (nSPS) is 1.50. The molecule has 0 aliphatic heterocycles. The van der Waals surface area contributed by atoms with Gasteiger partial charge in [-0.25, -0.2) is 0 Å². The summed E-state index contributed by atoms with van der Waals surface area (Å²) in [6.45, 7) is 0. The summed E-state index contributed by atoms with van der Waals surface area (Å²) in [5.74, 6) is 0. The zero-order valence-electron chi connectivity index (χ0n) is 3.82. The Morgan fingerprint density at radius 3 is 1.50 bits per heavy atom. The molecule has 0 aromatic rings. The maximum Gasteiger partial charge on any atom is 2.00 e. The molecule has 0 unspecified atom stereocenters. The van der Waals surface area contributed by atoms with E-state index in [-0.39, 0.29) is 92.4 Å². The van der Waals surface area contributed by atoms with Crippen molar-refractivity contribution in [2.24, 2.45) is 0 Å². The SMILES string of the molecule is [H-].[H-].[InH3].[O]=[Zn].[Sr+2]. The molecule has 18 valence electrons. The van der Waals surface area contributed by atoms with Crippen LogP contribution in [-0.4, -0.2) is 71.3 Å². The third kappa shape index (κ3) is 8.84. The summed E-state index contributed by atoms with van der Waals surface area (Å²) in [6, 6.07) is 0. The van der Waals surface area contributed by atoms with Gasteiger partial charge in [0.1, 0.15) is 0 Å². The van der Waals surface area contributed by atoms with Crippen LogP contribution < -0.4 is 0 Å². The van der Waals surface area contributed by atoms with Crippen LogP contribution in [0.5, 0.6) is 0 Å². The van der Waals surface area contributed by atoms with Crippen molar-refractivity contribution in [2.75, 3.05) is 0 Å². The molecule has 0 saturated heterocycles. The molecule has 1 nitrogen and oxygen atoms in total. The average Bonchev–Trinajstić information content (AvgIpc) is 1.00. The zero-order chi connectivity index (χ0) is 2.00. The molecule has 0 N–H and O–H groups in total. The Labute approximate surface area is 93.9 Å². The molecule has 4 heavy (non-hydrogen) atoms. The van der Waals surface area contributed by atoms with Gasteiger partial charge in [0.05, 0.1) is 0 Å². The Morgan fingerprint density at radius 1 is 1.50 bits per heavy atom. The van der Waals surface area contributed by atoms with Gasteiger partial charge in [-0.05, 0) is 0 Å². The van der Waals surface area contributed by atoms with E-state index in [4.69, 9.17) is 3.57 Å². The van der Waals surface area contributed by atoms with Gasteiger partial charge in [-0.1, -0.05) is 0 Å². The summed E-state index contributed by atoms with van der Waals surface area (Å²) >= 11 is 0.125. The fraction of sp³-hybridized carbons (Fsp3) is 0. The van der Waals surface area contributed by atoms with Crippen LogP contribution in [0.15, 0.2) is 0 Å². The Kier molecular flexibility index (Phi) is 67.8. The summed E-state index contributed by atoms with van der Waals surface area (Å²) in [5, 5.41) is 0. The smallest absolute Gasteiger partial charge is 2.00 e. The standard InChI is InChI=1S/In.O.Sr.Zn.5H/q;;+2;;;;;2*-1. The molecule has 0 aliphatic carbocycles. The van der Waals surface area contributed by atoms with Gasteiger partial charge in [-0.15, -0.1) is 0 Å². The quantitative estimate of drug-likeness (QED) is 0.498. The van der Waals surface area contributed by atoms with Gasteiger partial charge in [0, 0.05) is 0 Å². The van der Waals surface area contributed by atoms with Gasteiger partial charge in [0.2, 0.25) is 0 Å². The molecular weight excluding hydrogens is 284 g/mol. The summed E-state index contributed by atoms with van der Waals surface area (Å²) in [6.07, 6.45) is 0. The minimum Gasteiger partial charge on any atom is 2.00 e. The van der Waals surface area contributed by atoms with Crippen molar-refractivity contribution in [1.29, 1.82) is 0 Å². The third-order valence-corrected chi connectivity index (χ3v) is 0. The first-order chi connectivity index (χ1) is 1.00. The minimum atomic E-state index is 0. The molecule has 0 aromatic heterocycles. The van der Waals surface area contributed by atoms with Crippen LogP contribution in [0.3, 0.4) is 0 Å². The van der Waals surface area contributed by atoms with Crippen LogP contribution in [0.2, 0.25) is 0 Å². The number of rotatable bonds is 0. The predicted octanol–water partition coefficient (Wildman–Crippen LogP) is -1.46. The van der Waals surface area contributed by atoms with E-state index >= 15 is 0 Å². The second-order valence-corrected chi connectivity index (χ2v) is 0. The molecule has 0 saturated carbocycles. The number of hydrogen-bond donors (Lipinski definition) is 0. The van der Waals surface area contributed by atoms with Crippen LogP contribution in [0, 0.1) is 0 Å². The summed E-state index contributed by atoms with van der Waals surface area (Å²) < 4.78 is 8.38. The molecule has 0 fully saturated rings. The van der Waals surface area contributed by atoms with Crippen molar-refractivity contribution in [2.45, 2.75) is 0 Å². The van der Waals surface area contributed by atoms with Crippen LogP contribution in [0.4, 0.5) is 0 Å². The van der Waals surface area contributed by atoms with Crippen molar-refractivity contribution >= 4 is 71.3 Å². The third-order valence-electron chi connectivity index (χ3n) is 0. The van der Waals surface area contributed by atoms with E-state index in [1.54, 1.807) is 0 Å².